The van der Waals surface area contributed by atoms with Crippen LogP contribution in [0.5, 0.6) is 0 Å². The van der Waals surface area contributed by atoms with Crippen molar-refractivity contribution in [1.29, 1.82) is 0 Å². The predicted molar refractivity (Wildman–Crippen MR) is 151 cm³/mol. The Morgan fingerprint density at radius 3 is 2.36 bits per heavy atom. The van der Waals surface area contributed by atoms with Gasteiger partial charge in [-0.25, -0.2) is 4.79 Å². The molecule has 36 heavy (non-hydrogen) atoms. The molecule has 1 N–H and O–H groups in total. The number of benzene rings is 1. The van der Waals surface area contributed by atoms with Crippen LogP contribution < -0.4 is 5.32 Å². The van der Waals surface area contributed by atoms with Crippen LogP contribution in [0.1, 0.15) is 66.9 Å². The number of nitrogens with zero attached hydrogens (tertiary/aromatic N) is 3. The zero-order valence-electron chi connectivity index (χ0n) is 22.3. The van der Waals surface area contributed by atoms with Crippen molar-refractivity contribution in [3.05, 3.63) is 71.7 Å². The number of ether oxygens (including phenoxy) is 1. The van der Waals surface area contributed by atoms with Gasteiger partial charge >= 0.3 is 6.09 Å². The standard InChI is InChI=1S/C29H42N4O2.CH4/c1-8-12-25-27(30-7)33(23(6)22(4)5)26(19-21(2)3)29(31-25)15-17-32(18-16-29)28(34)35-20-24-13-10-9-11-14-24;/h9-14,19,21-22,31H,6,8,15-18,20H2,1-5,7H3;1H4/b25-12+,26-19-,30-27?;. The topological polar surface area (TPSA) is 57.2 Å². The zero-order valence-corrected chi connectivity index (χ0v) is 22.3. The average molecular weight is 495 g/mol. The highest BCUT2D eigenvalue weighted by Gasteiger charge is 2.47. The fourth-order valence-corrected chi connectivity index (χ4v) is 4.75. The van der Waals surface area contributed by atoms with Crippen LogP contribution in [-0.4, -0.2) is 47.4 Å². The number of allylic oxidation sites excluding steroid dienone is 3. The second-order valence-electron chi connectivity index (χ2n) is 10.1. The Labute approximate surface area is 218 Å². The number of rotatable bonds is 6. The normalized spacial score (nSPS) is 20.7. The molecule has 1 aromatic rings. The summed E-state index contributed by atoms with van der Waals surface area (Å²) in [6.45, 7) is 16.9. The van der Waals surface area contributed by atoms with Gasteiger partial charge in [-0.1, -0.05) is 91.1 Å². The number of carbonyl (C=O) groups excluding carboxylic acids is 1. The number of piperidine rings is 1. The average Bonchev–Trinajstić information content (AvgIpc) is 2.84. The third-order valence-electron chi connectivity index (χ3n) is 6.70. The van der Waals surface area contributed by atoms with E-state index in [1.165, 1.54) is 5.70 Å². The summed E-state index contributed by atoms with van der Waals surface area (Å²) in [5, 5.41) is 3.87. The van der Waals surface area contributed by atoms with Crippen molar-refractivity contribution >= 4 is 11.9 Å². The van der Waals surface area contributed by atoms with E-state index in [0.717, 1.165) is 42.1 Å². The van der Waals surface area contributed by atoms with Crippen LogP contribution in [0, 0.1) is 11.8 Å². The molecule has 0 aliphatic carbocycles. The summed E-state index contributed by atoms with van der Waals surface area (Å²) in [5.74, 6) is 1.54. The number of piperazine rings is 1. The van der Waals surface area contributed by atoms with Crippen molar-refractivity contribution in [2.24, 2.45) is 16.8 Å². The summed E-state index contributed by atoms with van der Waals surface area (Å²) in [7, 11) is 1.84. The number of carbonyl (C=O) groups is 1. The van der Waals surface area contributed by atoms with E-state index >= 15 is 0 Å². The summed E-state index contributed by atoms with van der Waals surface area (Å²) in [4.78, 5) is 21.6. The van der Waals surface area contributed by atoms with Crippen LogP contribution in [0.25, 0.3) is 0 Å². The maximum absolute atomic E-state index is 12.8. The highest BCUT2D eigenvalue weighted by molar-refractivity contribution is 6.01. The van der Waals surface area contributed by atoms with E-state index < -0.39 is 0 Å². The second-order valence-corrected chi connectivity index (χ2v) is 10.1. The molecule has 1 aromatic carbocycles. The Hall–Kier alpha value is -3.02. The minimum absolute atomic E-state index is 0. The minimum Gasteiger partial charge on any atom is -0.445 e. The lowest BCUT2D eigenvalue weighted by molar-refractivity contribution is 0.0755. The maximum atomic E-state index is 12.8. The number of aliphatic imine (C=N–C) groups is 1. The van der Waals surface area contributed by atoms with Crippen LogP contribution in [-0.2, 0) is 11.3 Å². The molecule has 0 atom stereocenters. The maximum Gasteiger partial charge on any atom is 0.410 e. The first-order valence-corrected chi connectivity index (χ1v) is 12.8. The van der Waals surface area contributed by atoms with Crippen LogP contribution in [0.3, 0.4) is 0 Å². The van der Waals surface area contributed by atoms with Crippen LogP contribution in [0.2, 0.25) is 0 Å². The van der Waals surface area contributed by atoms with Crippen molar-refractivity contribution < 1.29 is 9.53 Å². The lowest BCUT2D eigenvalue weighted by Crippen LogP contribution is -2.63. The predicted octanol–water partition coefficient (Wildman–Crippen LogP) is 6.73. The Bertz CT molecular complexity index is 983. The van der Waals surface area contributed by atoms with E-state index in [-0.39, 0.29) is 25.0 Å². The highest BCUT2D eigenvalue weighted by atomic mass is 16.6. The third-order valence-corrected chi connectivity index (χ3v) is 6.70. The molecule has 1 amide bonds. The van der Waals surface area contributed by atoms with E-state index in [9.17, 15) is 4.79 Å². The van der Waals surface area contributed by atoms with Gasteiger partial charge in [-0.15, -0.1) is 0 Å². The molecule has 1 spiro atoms. The number of hydrogen-bond donors (Lipinski definition) is 1. The van der Waals surface area contributed by atoms with Gasteiger partial charge in [0.05, 0.1) is 11.2 Å². The van der Waals surface area contributed by atoms with E-state index in [1.807, 2.05) is 42.3 Å². The first kappa shape index (κ1) is 29.2. The van der Waals surface area contributed by atoms with Gasteiger partial charge in [-0.2, -0.15) is 0 Å². The van der Waals surface area contributed by atoms with Crippen LogP contribution in [0.15, 0.2) is 71.1 Å². The molecule has 6 nitrogen and oxygen atoms in total. The molecule has 198 valence electrons. The summed E-state index contributed by atoms with van der Waals surface area (Å²) in [6, 6.07) is 9.81. The first-order valence-electron chi connectivity index (χ1n) is 12.8. The molecule has 0 unspecified atom stereocenters. The van der Waals surface area contributed by atoms with Crippen LogP contribution in [0.4, 0.5) is 4.79 Å². The van der Waals surface area contributed by atoms with Gasteiger partial charge in [0.25, 0.3) is 0 Å². The molecule has 2 heterocycles. The Kier molecular flexibility index (Phi) is 10.4. The molecule has 2 saturated heterocycles. The molecule has 0 saturated carbocycles. The van der Waals surface area contributed by atoms with Gasteiger partial charge in [0.2, 0.25) is 0 Å². The van der Waals surface area contributed by atoms with E-state index in [4.69, 9.17) is 4.74 Å². The molecule has 6 heteroatoms. The lowest BCUT2D eigenvalue weighted by atomic mass is 9.79. The van der Waals surface area contributed by atoms with Gasteiger partial charge in [-0.3, -0.25) is 9.89 Å². The quantitative estimate of drug-likeness (QED) is 0.476. The third kappa shape index (κ3) is 6.40. The number of amides is 1. The summed E-state index contributed by atoms with van der Waals surface area (Å²) in [5.41, 5.74) is 3.96. The van der Waals surface area contributed by atoms with E-state index in [2.05, 4.69) is 68.6 Å². The lowest BCUT2D eigenvalue weighted by Gasteiger charge is -2.53. The fourth-order valence-electron chi connectivity index (χ4n) is 4.75. The minimum atomic E-state index is -0.298. The largest absolute Gasteiger partial charge is 0.445 e. The van der Waals surface area contributed by atoms with Crippen molar-refractivity contribution in [1.82, 2.24) is 15.1 Å². The van der Waals surface area contributed by atoms with Crippen molar-refractivity contribution in [2.45, 2.75) is 73.5 Å². The van der Waals surface area contributed by atoms with E-state index in [0.29, 0.717) is 25.6 Å². The molecule has 0 radical (unpaired) electrons. The van der Waals surface area contributed by atoms with Crippen molar-refractivity contribution in [3.63, 3.8) is 0 Å². The monoisotopic (exact) mass is 494 g/mol. The SMILES string of the molecule is C.C=C(C(C)C)N1C(=NC)/C(=C\CC)NC2(CCN(C(=O)OCc3ccccc3)CC2)/C1=C/C(C)C. The van der Waals surface area contributed by atoms with Gasteiger partial charge in [0.1, 0.15) is 6.61 Å². The summed E-state index contributed by atoms with van der Waals surface area (Å²) in [6.07, 6.45) is 6.76. The first-order chi connectivity index (χ1) is 16.7. The molecule has 2 fully saturated rings. The molecule has 3 rings (SSSR count). The Morgan fingerprint density at radius 1 is 1.19 bits per heavy atom. The number of amidine groups is 1. The van der Waals surface area contributed by atoms with Gasteiger partial charge in [-0.05, 0) is 36.7 Å². The second kappa shape index (κ2) is 12.8. The molecule has 2 aliphatic rings. The molecular formula is C30H46N4O2. The number of hydrogen-bond acceptors (Lipinski definition) is 4. The van der Waals surface area contributed by atoms with E-state index in [1.54, 1.807) is 0 Å². The molecule has 2 aliphatic heterocycles. The van der Waals surface area contributed by atoms with Crippen LogP contribution >= 0.6 is 0 Å². The van der Waals surface area contributed by atoms with Crippen molar-refractivity contribution in [3.8, 4) is 0 Å². The van der Waals surface area contributed by atoms with Gasteiger partial charge < -0.3 is 15.0 Å². The Morgan fingerprint density at radius 2 is 1.83 bits per heavy atom. The zero-order chi connectivity index (χ0) is 25.6. The molecule has 0 aromatic heterocycles. The molecule has 0 bridgehead atoms. The summed E-state index contributed by atoms with van der Waals surface area (Å²) < 4.78 is 5.62. The molecular weight excluding hydrogens is 448 g/mol. The smallest absolute Gasteiger partial charge is 0.410 e. The van der Waals surface area contributed by atoms with Gasteiger partial charge in [0.15, 0.2) is 5.84 Å². The Balaban J connectivity index is 0.00000456. The van der Waals surface area contributed by atoms with Crippen molar-refractivity contribution in [2.75, 3.05) is 20.1 Å². The summed E-state index contributed by atoms with van der Waals surface area (Å²) >= 11 is 0. The number of likely N-dealkylation sites (tertiary alicyclic amines) is 1. The highest BCUT2D eigenvalue weighted by Crippen LogP contribution is 2.41. The number of nitrogens with one attached hydrogen (secondary N) is 1. The van der Waals surface area contributed by atoms with Gasteiger partial charge in [0, 0.05) is 31.5 Å². The fraction of sp³-hybridized carbons (Fsp3) is 0.533.